The Hall–Kier alpha value is -2.57. The Morgan fingerprint density at radius 3 is 2.40 bits per heavy atom. The monoisotopic (exact) mass is 352 g/mol. The van der Waals surface area contributed by atoms with Crippen LogP contribution < -0.4 is 10.0 Å². The highest BCUT2D eigenvalue weighted by molar-refractivity contribution is 5.94. The highest BCUT2D eigenvalue weighted by Crippen LogP contribution is 2.32. The van der Waals surface area contributed by atoms with Gasteiger partial charge in [0.1, 0.15) is 0 Å². The third-order valence-electron chi connectivity index (χ3n) is 3.69. The van der Waals surface area contributed by atoms with Gasteiger partial charge in [0.25, 0.3) is 5.91 Å². The molecule has 1 aromatic heterocycles. The van der Waals surface area contributed by atoms with Crippen LogP contribution in [0.1, 0.15) is 47.8 Å². The summed E-state index contributed by atoms with van der Waals surface area (Å²) in [5.74, 6) is -0.275. The van der Waals surface area contributed by atoms with Crippen LogP contribution in [-0.4, -0.2) is 5.91 Å². The standard InChI is InChI=1S/C18H19F3N2O2/c1-12(2)10-16(14-4-3-5-15(11-14)18(19,20)21)22-17(24)13-6-8-23(25)9-7-13/h3-9,11-12,16H,10H2,1-2H3,(H,22,24). The number of carbonyl (C=O) groups is 1. The second kappa shape index (κ2) is 7.55. The molecule has 2 rings (SSSR count). The Kier molecular flexibility index (Phi) is 5.66. The first-order chi connectivity index (χ1) is 11.7. The highest BCUT2D eigenvalue weighted by atomic mass is 19.4. The molecule has 0 fully saturated rings. The molecular weight excluding hydrogens is 333 g/mol. The van der Waals surface area contributed by atoms with E-state index in [0.717, 1.165) is 12.1 Å². The molecule has 0 bridgehead atoms. The Morgan fingerprint density at radius 2 is 1.84 bits per heavy atom. The molecule has 2 aromatic rings. The molecule has 4 nitrogen and oxygen atoms in total. The predicted molar refractivity (Wildman–Crippen MR) is 86.5 cm³/mol. The normalized spacial score (nSPS) is 12.9. The molecule has 0 aliphatic rings. The lowest BCUT2D eigenvalue weighted by Gasteiger charge is -2.22. The van der Waals surface area contributed by atoms with Crippen molar-refractivity contribution in [3.63, 3.8) is 0 Å². The summed E-state index contributed by atoms with van der Waals surface area (Å²) in [5, 5.41) is 13.8. The number of pyridine rings is 1. The van der Waals surface area contributed by atoms with Gasteiger partial charge in [-0.15, -0.1) is 0 Å². The smallest absolute Gasteiger partial charge is 0.416 e. The van der Waals surface area contributed by atoms with Gasteiger partial charge in [-0.3, -0.25) is 4.79 Å². The Balaban J connectivity index is 2.27. The topological polar surface area (TPSA) is 56.0 Å². The lowest BCUT2D eigenvalue weighted by Crippen LogP contribution is -2.31. The maximum atomic E-state index is 12.9. The van der Waals surface area contributed by atoms with Crippen molar-refractivity contribution in [2.75, 3.05) is 0 Å². The Morgan fingerprint density at radius 1 is 1.20 bits per heavy atom. The SMILES string of the molecule is CC(C)CC(NC(=O)c1cc[n+]([O-])cc1)c1cccc(C(F)(F)F)c1. The van der Waals surface area contributed by atoms with Crippen molar-refractivity contribution < 1.29 is 22.7 Å². The summed E-state index contributed by atoms with van der Waals surface area (Å²) in [5.41, 5.74) is -0.0837. The second-order valence-electron chi connectivity index (χ2n) is 6.23. The summed E-state index contributed by atoms with van der Waals surface area (Å²) in [6.07, 6.45) is -1.57. The molecule has 25 heavy (non-hydrogen) atoms. The largest absolute Gasteiger partial charge is 0.619 e. The van der Waals surface area contributed by atoms with E-state index in [1.165, 1.54) is 30.6 Å². The number of halogens is 3. The van der Waals surface area contributed by atoms with Gasteiger partial charge in [-0.1, -0.05) is 26.0 Å². The molecule has 1 heterocycles. The lowest BCUT2D eigenvalue weighted by molar-refractivity contribution is -0.605. The van der Waals surface area contributed by atoms with Gasteiger partial charge in [0, 0.05) is 12.1 Å². The van der Waals surface area contributed by atoms with E-state index in [-0.39, 0.29) is 11.5 Å². The van der Waals surface area contributed by atoms with Gasteiger partial charge in [0.05, 0.1) is 17.2 Å². The van der Waals surface area contributed by atoms with Gasteiger partial charge in [0.15, 0.2) is 12.4 Å². The van der Waals surface area contributed by atoms with Gasteiger partial charge < -0.3 is 10.5 Å². The van der Waals surface area contributed by atoms with E-state index in [9.17, 15) is 23.2 Å². The molecular formula is C18H19F3N2O2. The summed E-state index contributed by atoms with van der Waals surface area (Å²) in [7, 11) is 0. The van der Waals surface area contributed by atoms with Gasteiger partial charge in [-0.25, -0.2) is 0 Å². The molecule has 0 spiro atoms. The number of rotatable bonds is 5. The minimum absolute atomic E-state index is 0.166. The molecule has 7 heteroatoms. The van der Waals surface area contributed by atoms with E-state index in [1.54, 1.807) is 6.07 Å². The lowest BCUT2D eigenvalue weighted by atomic mass is 9.95. The zero-order valence-corrected chi connectivity index (χ0v) is 13.9. The molecule has 1 amide bonds. The maximum Gasteiger partial charge on any atom is 0.416 e. The van der Waals surface area contributed by atoms with E-state index in [0.29, 0.717) is 16.7 Å². The van der Waals surface area contributed by atoms with Crippen molar-refractivity contribution in [2.45, 2.75) is 32.5 Å². The number of nitrogens with zero attached hydrogens (tertiary/aromatic N) is 1. The number of alkyl halides is 3. The first kappa shape index (κ1) is 18.8. The molecule has 0 saturated heterocycles. The highest BCUT2D eigenvalue weighted by Gasteiger charge is 2.31. The van der Waals surface area contributed by atoms with Gasteiger partial charge >= 0.3 is 6.18 Å². The van der Waals surface area contributed by atoms with E-state index >= 15 is 0 Å². The number of amides is 1. The molecule has 134 valence electrons. The average Bonchev–Trinajstić information content (AvgIpc) is 2.53. The van der Waals surface area contributed by atoms with E-state index in [4.69, 9.17) is 0 Å². The summed E-state index contributed by atoms with van der Waals surface area (Å²) in [6.45, 7) is 3.85. The van der Waals surface area contributed by atoms with Crippen LogP contribution in [0.5, 0.6) is 0 Å². The fourth-order valence-electron chi connectivity index (χ4n) is 2.49. The van der Waals surface area contributed by atoms with E-state index in [2.05, 4.69) is 5.32 Å². The quantitative estimate of drug-likeness (QED) is 0.656. The van der Waals surface area contributed by atoms with Gasteiger partial charge in [-0.05, 0) is 30.0 Å². The summed E-state index contributed by atoms with van der Waals surface area (Å²) < 4.78 is 39.4. The van der Waals surface area contributed by atoms with E-state index < -0.39 is 23.7 Å². The van der Waals surface area contributed by atoms with Crippen LogP contribution in [0.4, 0.5) is 13.2 Å². The summed E-state index contributed by atoms with van der Waals surface area (Å²) in [4.78, 5) is 12.4. The Labute approximate surface area is 143 Å². The maximum absolute atomic E-state index is 12.9. The number of hydrogen-bond donors (Lipinski definition) is 1. The van der Waals surface area contributed by atoms with Crippen molar-refractivity contribution in [1.29, 1.82) is 0 Å². The van der Waals surface area contributed by atoms with E-state index in [1.807, 2.05) is 13.8 Å². The van der Waals surface area contributed by atoms with Crippen molar-refractivity contribution in [3.05, 3.63) is 70.7 Å². The zero-order chi connectivity index (χ0) is 18.6. The van der Waals surface area contributed by atoms with Crippen LogP contribution in [0.3, 0.4) is 0 Å². The predicted octanol–water partition coefficient (Wildman–Crippen LogP) is 3.86. The number of hydrogen-bond acceptors (Lipinski definition) is 2. The minimum atomic E-state index is -4.44. The Bertz CT molecular complexity index is 728. The molecule has 0 saturated carbocycles. The number of benzene rings is 1. The fourth-order valence-corrected chi connectivity index (χ4v) is 2.49. The summed E-state index contributed by atoms with van der Waals surface area (Å²) in [6, 6.07) is 7.13. The number of aromatic nitrogens is 1. The van der Waals surface area contributed by atoms with Crippen LogP contribution in [0.2, 0.25) is 0 Å². The third kappa shape index (κ3) is 5.20. The molecule has 0 radical (unpaired) electrons. The van der Waals surface area contributed by atoms with Crippen LogP contribution in [0, 0.1) is 11.1 Å². The average molecular weight is 352 g/mol. The molecule has 1 unspecified atom stereocenters. The minimum Gasteiger partial charge on any atom is -0.619 e. The molecule has 1 atom stereocenters. The van der Waals surface area contributed by atoms with Gasteiger partial charge in [0.2, 0.25) is 0 Å². The van der Waals surface area contributed by atoms with Crippen molar-refractivity contribution in [3.8, 4) is 0 Å². The fraction of sp³-hybridized carbons (Fsp3) is 0.333. The van der Waals surface area contributed by atoms with Crippen LogP contribution in [0.25, 0.3) is 0 Å². The zero-order valence-electron chi connectivity index (χ0n) is 13.9. The van der Waals surface area contributed by atoms with Crippen molar-refractivity contribution in [2.24, 2.45) is 5.92 Å². The van der Waals surface area contributed by atoms with Crippen LogP contribution >= 0.6 is 0 Å². The molecule has 0 aliphatic heterocycles. The molecule has 1 aromatic carbocycles. The van der Waals surface area contributed by atoms with Crippen molar-refractivity contribution >= 4 is 5.91 Å². The number of nitrogens with one attached hydrogen (secondary N) is 1. The second-order valence-corrected chi connectivity index (χ2v) is 6.23. The number of carbonyl (C=O) groups excluding carboxylic acids is 1. The van der Waals surface area contributed by atoms with Crippen molar-refractivity contribution in [1.82, 2.24) is 5.32 Å². The van der Waals surface area contributed by atoms with Gasteiger partial charge in [-0.2, -0.15) is 17.9 Å². The summed E-state index contributed by atoms with van der Waals surface area (Å²) >= 11 is 0. The van der Waals surface area contributed by atoms with Crippen LogP contribution in [0.15, 0.2) is 48.8 Å². The first-order valence-electron chi connectivity index (χ1n) is 7.83. The molecule has 0 aliphatic carbocycles. The molecule has 1 N–H and O–H groups in total. The third-order valence-corrected chi connectivity index (χ3v) is 3.69. The first-order valence-corrected chi connectivity index (χ1v) is 7.83. The van der Waals surface area contributed by atoms with Crippen LogP contribution in [-0.2, 0) is 6.18 Å².